The van der Waals surface area contributed by atoms with Gasteiger partial charge in [0.15, 0.2) is 0 Å². The van der Waals surface area contributed by atoms with Crippen LogP contribution in [0, 0.1) is 0 Å². The monoisotopic (exact) mass is 359 g/mol. The maximum atomic E-state index is 12.1. The smallest absolute Gasteiger partial charge is 0.257 e. The minimum absolute atomic E-state index is 0.299. The van der Waals surface area contributed by atoms with E-state index in [1.54, 1.807) is 48.5 Å². The molecule has 0 saturated carbocycles. The summed E-state index contributed by atoms with van der Waals surface area (Å²) >= 11 is 11.5. The van der Waals surface area contributed by atoms with Crippen LogP contribution in [0.4, 0.5) is 5.69 Å². The van der Waals surface area contributed by atoms with Gasteiger partial charge in [-0.2, -0.15) is 0 Å². The van der Waals surface area contributed by atoms with Crippen molar-refractivity contribution in [1.82, 2.24) is 9.97 Å². The molecule has 0 aliphatic rings. The first-order valence-corrected chi connectivity index (χ1v) is 7.68. The predicted molar refractivity (Wildman–Crippen MR) is 93.0 cm³/mol. The number of benzene rings is 1. The van der Waals surface area contributed by atoms with Gasteiger partial charge in [-0.1, -0.05) is 23.2 Å². The number of aromatic nitrogens is 2. The third-order valence-corrected chi connectivity index (χ3v) is 3.50. The molecule has 2 heterocycles. The summed E-state index contributed by atoms with van der Waals surface area (Å²) in [5.74, 6) is 0.728. The summed E-state index contributed by atoms with van der Waals surface area (Å²) in [7, 11) is 0. The third kappa shape index (κ3) is 4.22. The van der Waals surface area contributed by atoms with E-state index in [0.29, 0.717) is 33.1 Å². The van der Waals surface area contributed by atoms with Crippen molar-refractivity contribution in [3.63, 3.8) is 0 Å². The number of pyridine rings is 2. The fourth-order valence-corrected chi connectivity index (χ4v) is 2.09. The lowest BCUT2D eigenvalue weighted by Crippen LogP contribution is -2.12. The second kappa shape index (κ2) is 7.29. The van der Waals surface area contributed by atoms with Crippen LogP contribution in [0.2, 0.25) is 10.2 Å². The first-order valence-electron chi connectivity index (χ1n) is 6.92. The normalized spacial score (nSPS) is 10.2. The maximum Gasteiger partial charge on any atom is 0.257 e. The Labute approximate surface area is 148 Å². The number of nitrogens with one attached hydrogen (secondary N) is 1. The molecule has 0 radical (unpaired) electrons. The van der Waals surface area contributed by atoms with Crippen LogP contribution in [-0.4, -0.2) is 15.9 Å². The zero-order valence-electron chi connectivity index (χ0n) is 12.2. The van der Waals surface area contributed by atoms with E-state index in [1.165, 1.54) is 12.4 Å². The van der Waals surface area contributed by atoms with Crippen molar-refractivity contribution in [2.75, 3.05) is 5.32 Å². The van der Waals surface area contributed by atoms with E-state index >= 15 is 0 Å². The largest absolute Gasteiger partial charge is 0.439 e. The second-order valence-electron chi connectivity index (χ2n) is 4.76. The van der Waals surface area contributed by atoms with Gasteiger partial charge in [0.25, 0.3) is 5.91 Å². The van der Waals surface area contributed by atoms with E-state index in [1.807, 2.05) is 0 Å². The van der Waals surface area contributed by atoms with Gasteiger partial charge in [0.1, 0.15) is 10.9 Å². The Bertz CT molecular complexity index is 835. The number of carbonyl (C=O) groups is 1. The first kappa shape index (κ1) is 16.2. The molecule has 0 aliphatic heterocycles. The van der Waals surface area contributed by atoms with Gasteiger partial charge in [-0.15, -0.1) is 0 Å². The molecule has 0 saturated heterocycles. The van der Waals surface area contributed by atoms with Gasteiger partial charge in [-0.25, -0.2) is 9.97 Å². The lowest BCUT2D eigenvalue weighted by atomic mass is 10.2. The van der Waals surface area contributed by atoms with Crippen molar-refractivity contribution < 1.29 is 9.53 Å². The number of rotatable bonds is 4. The van der Waals surface area contributed by atoms with Gasteiger partial charge in [0.2, 0.25) is 5.88 Å². The van der Waals surface area contributed by atoms with Crippen LogP contribution in [-0.2, 0) is 0 Å². The van der Waals surface area contributed by atoms with E-state index < -0.39 is 0 Å². The first-order chi connectivity index (χ1) is 11.6. The molecule has 0 atom stereocenters. The van der Waals surface area contributed by atoms with Crippen LogP contribution in [0.5, 0.6) is 11.6 Å². The van der Waals surface area contributed by atoms with Crippen LogP contribution in [0.25, 0.3) is 0 Å². The zero-order valence-corrected chi connectivity index (χ0v) is 13.8. The molecule has 0 unspecified atom stereocenters. The van der Waals surface area contributed by atoms with Crippen molar-refractivity contribution in [2.45, 2.75) is 0 Å². The number of hydrogen-bond acceptors (Lipinski definition) is 4. The summed E-state index contributed by atoms with van der Waals surface area (Å²) in [5.41, 5.74) is 0.944. The Morgan fingerprint density at radius 1 is 0.917 bits per heavy atom. The molecule has 0 spiro atoms. The molecule has 2 aromatic heterocycles. The lowest BCUT2D eigenvalue weighted by molar-refractivity contribution is 0.102. The Morgan fingerprint density at radius 3 is 2.33 bits per heavy atom. The van der Waals surface area contributed by atoms with E-state index in [2.05, 4.69) is 15.3 Å². The number of anilines is 1. The summed E-state index contributed by atoms with van der Waals surface area (Å²) < 4.78 is 5.58. The molecule has 120 valence electrons. The quantitative estimate of drug-likeness (QED) is 0.677. The minimum Gasteiger partial charge on any atom is -0.439 e. The second-order valence-corrected chi connectivity index (χ2v) is 5.59. The molecular formula is C17H11Cl2N3O2. The number of halogens is 2. The highest BCUT2D eigenvalue weighted by atomic mass is 35.5. The highest BCUT2D eigenvalue weighted by molar-refractivity contribution is 6.30. The molecule has 7 heteroatoms. The summed E-state index contributed by atoms with van der Waals surface area (Å²) in [6.45, 7) is 0. The van der Waals surface area contributed by atoms with Gasteiger partial charge in [0, 0.05) is 17.3 Å². The molecule has 3 rings (SSSR count). The van der Waals surface area contributed by atoms with Crippen LogP contribution in [0.3, 0.4) is 0 Å². The van der Waals surface area contributed by atoms with Crippen LogP contribution in [0.1, 0.15) is 10.4 Å². The summed E-state index contributed by atoms with van der Waals surface area (Å²) in [5, 5.41) is 3.68. The zero-order chi connectivity index (χ0) is 16.9. The number of hydrogen-bond donors (Lipinski definition) is 1. The van der Waals surface area contributed by atoms with Crippen molar-refractivity contribution in [1.29, 1.82) is 0 Å². The Kier molecular flexibility index (Phi) is 4.93. The van der Waals surface area contributed by atoms with E-state index in [9.17, 15) is 4.79 Å². The van der Waals surface area contributed by atoms with Gasteiger partial charge in [-0.05, 0) is 42.5 Å². The molecule has 0 bridgehead atoms. The van der Waals surface area contributed by atoms with E-state index in [-0.39, 0.29) is 5.91 Å². The van der Waals surface area contributed by atoms with E-state index in [4.69, 9.17) is 27.9 Å². The van der Waals surface area contributed by atoms with Crippen molar-refractivity contribution in [3.05, 3.63) is 76.7 Å². The van der Waals surface area contributed by atoms with Crippen LogP contribution in [0.15, 0.2) is 60.9 Å². The predicted octanol–water partition coefficient (Wildman–Crippen LogP) is 4.83. The highest BCUT2D eigenvalue weighted by Crippen LogP contribution is 2.22. The molecule has 1 N–H and O–H groups in total. The van der Waals surface area contributed by atoms with Crippen molar-refractivity contribution in [2.24, 2.45) is 0 Å². The molecule has 1 amide bonds. The third-order valence-electron chi connectivity index (χ3n) is 3.02. The van der Waals surface area contributed by atoms with Crippen LogP contribution < -0.4 is 10.1 Å². The van der Waals surface area contributed by atoms with Gasteiger partial charge >= 0.3 is 0 Å². The van der Waals surface area contributed by atoms with Crippen molar-refractivity contribution >= 4 is 34.8 Å². The Balaban J connectivity index is 1.64. The number of amides is 1. The highest BCUT2D eigenvalue weighted by Gasteiger charge is 2.07. The molecule has 3 aromatic rings. The summed E-state index contributed by atoms with van der Waals surface area (Å²) in [6.07, 6.45) is 2.91. The fourth-order valence-electron chi connectivity index (χ4n) is 1.85. The molecule has 1 aromatic carbocycles. The molecule has 0 fully saturated rings. The lowest BCUT2D eigenvalue weighted by Gasteiger charge is -2.07. The average Bonchev–Trinajstić information content (AvgIpc) is 2.59. The number of ether oxygens (including phenoxy) is 1. The topological polar surface area (TPSA) is 64.1 Å². The minimum atomic E-state index is -0.299. The van der Waals surface area contributed by atoms with Crippen LogP contribution >= 0.6 is 23.2 Å². The standard InChI is InChI=1S/C17H11Cl2N3O2/c18-12-2-5-14(6-3-12)24-16-8-4-13(10-21-16)22-17(23)11-1-7-15(19)20-9-11/h1-10H,(H,22,23). The molecular weight excluding hydrogens is 349 g/mol. The number of nitrogens with zero attached hydrogens (tertiary/aromatic N) is 2. The number of carbonyl (C=O) groups excluding carboxylic acids is 1. The summed E-state index contributed by atoms with van der Waals surface area (Å²) in [4.78, 5) is 20.1. The Morgan fingerprint density at radius 2 is 1.71 bits per heavy atom. The summed E-state index contributed by atoms with van der Waals surface area (Å²) in [6, 6.07) is 13.4. The van der Waals surface area contributed by atoms with Gasteiger partial charge < -0.3 is 10.1 Å². The van der Waals surface area contributed by atoms with E-state index in [0.717, 1.165) is 0 Å². The molecule has 0 aliphatic carbocycles. The van der Waals surface area contributed by atoms with Gasteiger partial charge in [-0.3, -0.25) is 4.79 Å². The Hall–Kier alpha value is -2.63. The molecule has 5 nitrogen and oxygen atoms in total. The van der Waals surface area contributed by atoms with Crippen molar-refractivity contribution in [3.8, 4) is 11.6 Å². The SMILES string of the molecule is O=C(Nc1ccc(Oc2ccc(Cl)cc2)nc1)c1ccc(Cl)nc1. The van der Waals surface area contributed by atoms with Gasteiger partial charge in [0.05, 0.1) is 17.4 Å². The maximum absolute atomic E-state index is 12.1. The molecule has 24 heavy (non-hydrogen) atoms. The average molecular weight is 360 g/mol. The fraction of sp³-hybridized carbons (Fsp3) is 0.